The highest BCUT2D eigenvalue weighted by atomic mass is 32.1. The Balaban J connectivity index is 1.65. The van der Waals surface area contributed by atoms with Crippen molar-refractivity contribution < 1.29 is 0 Å². The van der Waals surface area contributed by atoms with Crippen LogP contribution in [0.25, 0.3) is 11.3 Å². The minimum Gasteiger partial charge on any atom is -0.359 e. The van der Waals surface area contributed by atoms with E-state index in [4.69, 9.17) is 0 Å². The lowest BCUT2D eigenvalue weighted by molar-refractivity contribution is 0.789. The van der Waals surface area contributed by atoms with Gasteiger partial charge >= 0.3 is 0 Å². The molecule has 2 aromatic carbocycles. The summed E-state index contributed by atoms with van der Waals surface area (Å²) in [5.41, 5.74) is 3.55. The molecule has 2 nitrogen and oxygen atoms in total. The zero-order chi connectivity index (χ0) is 14.5. The Morgan fingerprint density at radius 3 is 2.38 bits per heavy atom. The van der Waals surface area contributed by atoms with Gasteiger partial charge in [0.25, 0.3) is 0 Å². The molecule has 0 aliphatic carbocycles. The van der Waals surface area contributed by atoms with Crippen LogP contribution in [0, 0.1) is 0 Å². The van der Waals surface area contributed by atoms with E-state index in [2.05, 4.69) is 65.1 Å². The van der Waals surface area contributed by atoms with Crippen molar-refractivity contribution in [3.8, 4) is 11.3 Å². The summed E-state index contributed by atoms with van der Waals surface area (Å²) in [6.07, 6.45) is 1.00. The van der Waals surface area contributed by atoms with Gasteiger partial charge in [0.15, 0.2) is 5.13 Å². The molecule has 0 spiro atoms. The van der Waals surface area contributed by atoms with Gasteiger partial charge in [-0.2, -0.15) is 0 Å². The number of hydrogen-bond donors (Lipinski definition) is 1. The molecule has 0 amide bonds. The van der Waals surface area contributed by atoms with Crippen molar-refractivity contribution in [2.45, 2.75) is 19.4 Å². The van der Waals surface area contributed by atoms with Crippen molar-refractivity contribution in [2.24, 2.45) is 0 Å². The van der Waals surface area contributed by atoms with E-state index in [0.29, 0.717) is 6.04 Å². The molecular weight excluding hydrogens is 276 g/mol. The van der Waals surface area contributed by atoms with Crippen LogP contribution in [0.1, 0.15) is 12.5 Å². The summed E-state index contributed by atoms with van der Waals surface area (Å²) in [7, 11) is 0. The van der Waals surface area contributed by atoms with E-state index in [-0.39, 0.29) is 0 Å². The molecule has 3 rings (SSSR count). The fourth-order valence-corrected chi connectivity index (χ4v) is 3.14. The third kappa shape index (κ3) is 3.70. The molecule has 21 heavy (non-hydrogen) atoms. The highest BCUT2D eigenvalue weighted by Gasteiger charge is 2.08. The molecule has 106 valence electrons. The van der Waals surface area contributed by atoms with Crippen molar-refractivity contribution in [1.82, 2.24) is 4.98 Å². The number of benzene rings is 2. The lowest BCUT2D eigenvalue weighted by Gasteiger charge is -2.12. The van der Waals surface area contributed by atoms with Crippen LogP contribution >= 0.6 is 11.3 Å². The fourth-order valence-electron chi connectivity index (χ4n) is 2.31. The lowest BCUT2D eigenvalue weighted by Crippen LogP contribution is -2.17. The third-order valence-electron chi connectivity index (χ3n) is 3.33. The molecule has 0 saturated carbocycles. The first-order valence-electron chi connectivity index (χ1n) is 7.12. The molecule has 1 N–H and O–H groups in total. The summed E-state index contributed by atoms with van der Waals surface area (Å²) in [6.45, 7) is 2.19. The Morgan fingerprint density at radius 2 is 1.67 bits per heavy atom. The Morgan fingerprint density at radius 1 is 1.00 bits per heavy atom. The number of nitrogens with one attached hydrogen (secondary N) is 1. The van der Waals surface area contributed by atoms with Crippen LogP contribution in [0.15, 0.2) is 66.0 Å². The first-order chi connectivity index (χ1) is 10.3. The van der Waals surface area contributed by atoms with Crippen molar-refractivity contribution in [1.29, 1.82) is 0 Å². The van der Waals surface area contributed by atoms with Gasteiger partial charge in [0.2, 0.25) is 0 Å². The quantitative estimate of drug-likeness (QED) is 0.727. The van der Waals surface area contributed by atoms with Gasteiger partial charge in [-0.1, -0.05) is 60.7 Å². The Kier molecular flexibility index (Phi) is 4.31. The molecule has 1 heterocycles. The first kappa shape index (κ1) is 13.8. The summed E-state index contributed by atoms with van der Waals surface area (Å²) in [5, 5.41) is 6.58. The average Bonchev–Trinajstić information content (AvgIpc) is 2.97. The van der Waals surface area contributed by atoms with Crippen LogP contribution in [0.4, 0.5) is 5.13 Å². The summed E-state index contributed by atoms with van der Waals surface area (Å²) in [4.78, 5) is 4.67. The van der Waals surface area contributed by atoms with E-state index < -0.39 is 0 Å². The molecule has 3 heteroatoms. The topological polar surface area (TPSA) is 24.9 Å². The smallest absolute Gasteiger partial charge is 0.183 e. The van der Waals surface area contributed by atoms with E-state index in [9.17, 15) is 0 Å². The maximum atomic E-state index is 4.67. The van der Waals surface area contributed by atoms with Crippen LogP contribution in [-0.4, -0.2) is 11.0 Å². The molecule has 0 aliphatic heterocycles. The molecule has 0 radical (unpaired) electrons. The van der Waals surface area contributed by atoms with Gasteiger partial charge in [-0.3, -0.25) is 0 Å². The van der Waals surface area contributed by atoms with Crippen molar-refractivity contribution >= 4 is 16.5 Å². The predicted molar refractivity (Wildman–Crippen MR) is 90.8 cm³/mol. The van der Waals surface area contributed by atoms with E-state index in [1.54, 1.807) is 11.3 Å². The summed E-state index contributed by atoms with van der Waals surface area (Å²) in [6, 6.07) is 21.2. The zero-order valence-corrected chi connectivity index (χ0v) is 12.8. The second kappa shape index (κ2) is 6.55. The standard InChI is InChI=1S/C18H18N2S/c1-14(12-15-8-4-2-5-9-15)19-18-20-17(13-21-18)16-10-6-3-7-11-16/h2-11,13-14H,12H2,1H3,(H,19,20)/t14-/m0/s1. The van der Waals surface area contributed by atoms with Gasteiger partial charge < -0.3 is 5.32 Å². The summed E-state index contributed by atoms with van der Waals surface area (Å²) in [5.74, 6) is 0. The van der Waals surface area contributed by atoms with Crippen LogP contribution in [0.2, 0.25) is 0 Å². The van der Waals surface area contributed by atoms with E-state index >= 15 is 0 Å². The molecule has 1 atom stereocenters. The molecule has 0 saturated heterocycles. The first-order valence-corrected chi connectivity index (χ1v) is 8.00. The highest BCUT2D eigenvalue weighted by molar-refractivity contribution is 7.14. The number of thiazole rings is 1. The fraction of sp³-hybridized carbons (Fsp3) is 0.167. The second-order valence-electron chi connectivity index (χ2n) is 5.14. The van der Waals surface area contributed by atoms with Gasteiger partial charge in [0, 0.05) is 17.0 Å². The van der Waals surface area contributed by atoms with Crippen LogP contribution in [-0.2, 0) is 6.42 Å². The summed E-state index contributed by atoms with van der Waals surface area (Å²) < 4.78 is 0. The minimum atomic E-state index is 0.363. The number of anilines is 1. The Labute approximate surface area is 129 Å². The van der Waals surface area contributed by atoms with Crippen LogP contribution in [0.3, 0.4) is 0 Å². The Hall–Kier alpha value is -2.13. The van der Waals surface area contributed by atoms with Gasteiger partial charge in [0.05, 0.1) is 5.69 Å². The van der Waals surface area contributed by atoms with Crippen LogP contribution < -0.4 is 5.32 Å². The lowest BCUT2D eigenvalue weighted by atomic mass is 10.1. The maximum absolute atomic E-state index is 4.67. The third-order valence-corrected chi connectivity index (χ3v) is 4.10. The highest BCUT2D eigenvalue weighted by Crippen LogP contribution is 2.25. The van der Waals surface area contributed by atoms with Gasteiger partial charge in [-0.15, -0.1) is 11.3 Å². The molecule has 0 unspecified atom stereocenters. The van der Waals surface area contributed by atoms with Crippen molar-refractivity contribution in [3.05, 3.63) is 71.6 Å². The van der Waals surface area contributed by atoms with Gasteiger partial charge in [0.1, 0.15) is 0 Å². The van der Waals surface area contributed by atoms with Crippen molar-refractivity contribution in [3.63, 3.8) is 0 Å². The van der Waals surface area contributed by atoms with E-state index in [0.717, 1.165) is 22.8 Å². The molecule has 0 fully saturated rings. The molecule has 0 bridgehead atoms. The molecule has 0 aliphatic rings. The number of nitrogens with zero attached hydrogens (tertiary/aromatic N) is 1. The SMILES string of the molecule is C[C@@H](Cc1ccccc1)Nc1nc(-c2ccccc2)cs1. The summed E-state index contributed by atoms with van der Waals surface area (Å²) >= 11 is 1.66. The van der Waals surface area contributed by atoms with Crippen molar-refractivity contribution in [2.75, 3.05) is 5.32 Å². The van der Waals surface area contributed by atoms with Gasteiger partial charge in [-0.05, 0) is 18.9 Å². The molecule has 3 aromatic rings. The van der Waals surface area contributed by atoms with E-state index in [1.807, 2.05) is 18.2 Å². The average molecular weight is 294 g/mol. The number of hydrogen-bond acceptors (Lipinski definition) is 3. The number of aromatic nitrogens is 1. The Bertz CT molecular complexity index is 677. The minimum absolute atomic E-state index is 0.363. The zero-order valence-electron chi connectivity index (χ0n) is 12.0. The molecular formula is C18H18N2S. The maximum Gasteiger partial charge on any atom is 0.183 e. The molecule has 1 aromatic heterocycles. The second-order valence-corrected chi connectivity index (χ2v) is 6.00. The van der Waals surface area contributed by atoms with Crippen LogP contribution in [0.5, 0.6) is 0 Å². The normalized spacial score (nSPS) is 12.0. The van der Waals surface area contributed by atoms with Gasteiger partial charge in [-0.25, -0.2) is 4.98 Å². The largest absolute Gasteiger partial charge is 0.359 e. The predicted octanol–water partition coefficient (Wildman–Crippen LogP) is 4.85. The van der Waals surface area contributed by atoms with E-state index in [1.165, 1.54) is 5.56 Å². The monoisotopic (exact) mass is 294 g/mol. The number of rotatable bonds is 5.